The summed E-state index contributed by atoms with van der Waals surface area (Å²) in [6.07, 6.45) is 5.78. The molecule has 0 aliphatic rings. The van der Waals surface area contributed by atoms with Crippen molar-refractivity contribution in [3.63, 3.8) is 0 Å². The third-order valence-electron chi connectivity index (χ3n) is 1.93. The predicted octanol–water partition coefficient (Wildman–Crippen LogP) is 3.59. The summed E-state index contributed by atoms with van der Waals surface area (Å²) < 4.78 is 0. The minimum absolute atomic E-state index is 0.398. The van der Waals surface area contributed by atoms with Crippen molar-refractivity contribution in [2.24, 2.45) is 5.92 Å². The van der Waals surface area contributed by atoms with Crippen molar-refractivity contribution < 1.29 is 0 Å². The van der Waals surface area contributed by atoms with Gasteiger partial charge in [0, 0.05) is 0 Å². The van der Waals surface area contributed by atoms with Gasteiger partial charge in [-0.25, -0.2) is 0 Å². The Morgan fingerprint density at radius 1 is 1.50 bits per heavy atom. The lowest BCUT2D eigenvalue weighted by Crippen LogP contribution is -1.98. The van der Waals surface area contributed by atoms with Crippen LogP contribution in [0.25, 0.3) is 0 Å². The summed E-state index contributed by atoms with van der Waals surface area (Å²) in [5, 5.41) is 0. The van der Waals surface area contributed by atoms with E-state index in [1.54, 1.807) is 0 Å². The van der Waals surface area contributed by atoms with Crippen molar-refractivity contribution in [2.75, 3.05) is 6.66 Å². The highest BCUT2D eigenvalue weighted by Crippen LogP contribution is 2.21. The smallest absolute Gasteiger partial charge is 0.0699 e. The lowest BCUT2D eigenvalue weighted by Gasteiger charge is -2.13. The molecule has 0 fully saturated rings. The highest BCUT2D eigenvalue weighted by molar-refractivity contribution is 7.40. The minimum Gasteiger partial charge on any atom is -0.102 e. The molecule has 0 amide bonds. The van der Waals surface area contributed by atoms with E-state index in [1.807, 2.05) is 0 Å². The largest absolute Gasteiger partial charge is 0.102 e. The van der Waals surface area contributed by atoms with Gasteiger partial charge in [-0.2, -0.15) is 0 Å². The lowest BCUT2D eigenvalue weighted by molar-refractivity contribution is 0.576. The first-order valence-electron chi connectivity index (χ1n) is 4.80. The van der Waals surface area contributed by atoms with Gasteiger partial charge in [0.2, 0.25) is 0 Å². The molecule has 12 heavy (non-hydrogen) atoms. The van der Waals surface area contributed by atoms with Crippen LogP contribution in [0.15, 0.2) is 11.9 Å². The molecule has 0 rings (SSSR count). The molecule has 0 nitrogen and oxygen atoms in total. The Morgan fingerprint density at radius 3 is 2.67 bits per heavy atom. The van der Waals surface area contributed by atoms with E-state index in [1.165, 1.54) is 6.42 Å². The summed E-state index contributed by atoms with van der Waals surface area (Å²) in [6, 6.07) is 0. The van der Waals surface area contributed by atoms with Gasteiger partial charge in [-0.3, -0.25) is 0 Å². The topological polar surface area (TPSA) is 0 Å². The van der Waals surface area contributed by atoms with Crippen molar-refractivity contribution >= 4 is 16.4 Å². The Labute approximate surface area is 80.4 Å². The summed E-state index contributed by atoms with van der Waals surface area (Å²) in [5.74, 6) is 3.30. The second-order valence-electron chi connectivity index (χ2n) is 3.41. The Kier molecular flexibility index (Phi) is 8.02. The van der Waals surface area contributed by atoms with Gasteiger partial charge in [0.1, 0.15) is 0 Å². The van der Waals surface area contributed by atoms with Crippen LogP contribution in [0, 0.1) is 5.92 Å². The van der Waals surface area contributed by atoms with Crippen LogP contribution in [-0.4, -0.2) is 14.5 Å². The molecule has 0 aromatic rings. The second-order valence-corrected chi connectivity index (χ2v) is 4.32. The second kappa shape index (κ2) is 7.86. The lowest BCUT2D eigenvalue weighted by atomic mass is 9.77. The number of allylic oxidation sites excluding steroid dienone is 1. The molecule has 0 bridgehead atoms. The maximum absolute atomic E-state index is 5.93. The molecule has 0 saturated heterocycles. The van der Waals surface area contributed by atoms with E-state index in [0.717, 1.165) is 21.4 Å². The van der Waals surface area contributed by atoms with Crippen molar-refractivity contribution in [3.8, 4) is 0 Å². The predicted molar refractivity (Wildman–Crippen MR) is 61.6 cm³/mol. The van der Waals surface area contributed by atoms with Crippen molar-refractivity contribution in [1.29, 1.82) is 0 Å². The van der Waals surface area contributed by atoms with E-state index in [4.69, 9.17) is 7.85 Å². The van der Waals surface area contributed by atoms with Crippen LogP contribution in [-0.2, 0) is 0 Å². The number of hydrogen-bond acceptors (Lipinski definition) is 0. The van der Waals surface area contributed by atoms with Gasteiger partial charge in [0.05, 0.1) is 7.85 Å². The normalized spacial score (nSPS) is 17.6. The van der Waals surface area contributed by atoms with Crippen LogP contribution >= 0.6 is 8.58 Å². The molecule has 0 saturated carbocycles. The van der Waals surface area contributed by atoms with E-state index < -0.39 is 0 Å². The first kappa shape index (κ1) is 12.2. The number of hydrogen-bond donors (Lipinski definition) is 0. The van der Waals surface area contributed by atoms with Crippen LogP contribution < -0.4 is 0 Å². The summed E-state index contributed by atoms with van der Waals surface area (Å²) in [7, 11) is 6.85. The Morgan fingerprint density at radius 2 is 2.17 bits per heavy atom. The highest BCUT2D eigenvalue weighted by Gasteiger charge is 2.03. The zero-order valence-electron chi connectivity index (χ0n) is 8.51. The molecule has 0 aliphatic heterocycles. The SMILES string of the molecule is [B]C(CCC)CC(C)/C=C/PC. The fraction of sp³-hybridized carbons (Fsp3) is 0.800. The monoisotopic (exact) mass is 182 g/mol. The first-order valence-corrected chi connectivity index (χ1v) is 6.38. The maximum Gasteiger partial charge on any atom is 0.0699 e. The van der Waals surface area contributed by atoms with Crippen LogP contribution in [0.5, 0.6) is 0 Å². The molecule has 0 N–H and O–H groups in total. The van der Waals surface area contributed by atoms with Gasteiger partial charge >= 0.3 is 0 Å². The quantitative estimate of drug-likeness (QED) is 0.435. The summed E-state index contributed by atoms with van der Waals surface area (Å²) >= 11 is 0. The fourth-order valence-electron chi connectivity index (χ4n) is 1.31. The average Bonchev–Trinajstić information content (AvgIpc) is 2.01. The number of rotatable bonds is 6. The first-order chi connectivity index (χ1) is 5.70. The third kappa shape index (κ3) is 6.92. The van der Waals surface area contributed by atoms with E-state index in [2.05, 4.69) is 32.4 Å². The van der Waals surface area contributed by atoms with E-state index in [9.17, 15) is 0 Å². The molecule has 0 spiro atoms. The van der Waals surface area contributed by atoms with Crippen LogP contribution in [0.1, 0.15) is 33.1 Å². The van der Waals surface area contributed by atoms with Gasteiger partial charge in [-0.05, 0) is 12.6 Å². The summed E-state index contributed by atoms with van der Waals surface area (Å²) in [4.78, 5) is 0. The van der Waals surface area contributed by atoms with Gasteiger partial charge in [-0.15, -0.1) is 8.58 Å². The zero-order valence-corrected chi connectivity index (χ0v) is 9.51. The van der Waals surface area contributed by atoms with Gasteiger partial charge in [0.15, 0.2) is 0 Å². The molecule has 3 unspecified atom stereocenters. The standard InChI is InChI=1S/C10H20BP/c1-4-5-10(11)8-9(2)6-7-12-3/h6-7,9-10,12H,4-5,8H2,1-3H3/b7-6+. The maximum atomic E-state index is 5.93. The molecule has 2 heteroatoms. The van der Waals surface area contributed by atoms with Crippen molar-refractivity contribution in [3.05, 3.63) is 11.9 Å². The molecule has 0 heterocycles. The van der Waals surface area contributed by atoms with Crippen LogP contribution in [0.4, 0.5) is 0 Å². The molecular weight excluding hydrogens is 162 g/mol. The average molecular weight is 182 g/mol. The van der Waals surface area contributed by atoms with E-state index in [-0.39, 0.29) is 0 Å². The highest BCUT2D eigenvalue weighted by atomic mass is 31.1. The molecule has 2 radical (unpaired) electrons. The molecule has 68 valence electrons. The molecule has 0 aliphatic carbocycles. The van der Waals surface area contributed by atoms with E-state index >= 15 is 0 Å². The Bertz CT molecular complexity index is 123. The van der Waals surface area contributed by atoms with Crippen molar-refractivity contribution in [2.45, 2.75) is 38.9 Å². The molecule has 0 aromatic heterocycles. The van der Waals surface area contributed by atoms with E-state index in [0.29, 0.717) is 11.7 Å². The van der Waals surface area contributed by atoms with Crippen LogP contribution in [0.3, 0.4) is 0 Å². The zero-order chi connectivity index (χ0) is 9.40. The molecule has 0 aromatic carbocycles. The molecular formula is C10H20BP. The summed E-state index contributed by atoms with van der Waals surface area (Å²) in [5.41, 5.74) is 0. The Hall–Kier alpha value is 0.235. The Balaban J connectivity index is 3.53. The fourth-order valence-corrected chi connectivity index (χ4v) is 1.83. The van der Waals surface area contributed by atoms with Crippen LogP contribution in [0.2, 0.25) is 5.82 Å². The molecule has 3 atom stereocenters. The van der Waals surface area contributed by atoms with Gasteiger partial charge in [0.25, 0.3) is 0 Å². The minimum atomic E-state index is 0.398. The van der Waals surface area contributed by atoms with Gasteiger partial charge < -0.3 is 0 Å². The van der Waals surface area contributed by atoms with Crippen molar-refractivity contribution in [1.82, 2.24) is 0 Å². The van der Waals surface area contributed by atoms with Gasteiger partial charge in [-0.1, -0.05) is 50.8 Å². The third-order valence-corrected chi connectivity index (χ3v) is 2.45. The summed E-state index contributed by atoms with van der Waals surface area (Å²) in [6.45, 7) is 6.62.